The summed E-state index contributed by atoms with van der Waals surface area (Å²) >= 11 is 0. The van der Waals surface area contributed by atoms with E-state index in [2.05, 4.69) is 15.3 Å². The number of nitrogens with zero attached hydrogens (tertiary/aromatic N) is 3. The SMILES string of the molecule is CC(C)(C)OC(=O)N1CCC[C@H](Nc2cc3c(O[C@@H]4CCOC4)nc(C(F)F)cc3cn2)C1. The molecule has 2 atom stereocenters. The molecule has 0 saturated carbocycles. The molecule has 1 amide bonds. The Labute approximate surface area is 191 Å². The predicted octanol–water partition coefficient (Wildman–Crippen LogP) is 4.55. The van der Waals surface area contributed by atoms with Crippen molar-refractivity contribution in [3.8, 4) is 5.88 Å². The largest absolute Gasteiger partial charge is 0.471 e. The zero-order chi connectivity index (χ0) is 23.6. The van der Waals surface area contributed by atoms with Crippen molar-refractivity contribution in [3.63, 3.8) is 0 Å². The van der Waals surface area contributed by atoms with E-state index in [1.165, 1.54) is 12.3 Å². The molecule has 2 fully saturated rings. The number of likely N-dealkylation sites (tertiary alicyclic amines) is 1. The second-order valence-electron chi connectivity index (χ2n) is 9.46. The first-order valence-electron chi connectivity index (χ1n) is 11.3. The summed E-state index contributed by atoms with van der Waals surface area (Å²) in [7, 11) is 0. The van der Waals surface area contributed by atoms with Crippen LogP contribution in [-0.2, 0) is 9.47 Å². The Morgan fingerprint density at radius 2 is 2.12 bits per heavy atom. The molecule has 8 nitrogen and oxygen atoms in total. The number of aromatic nitrogens is 2. The summed E-state index contributed by atoms with van der Waals surface area (Å²) in [5.74, 6) is 0.723. The molecule has 4 rings (SSSR count). The summed E-state index contributed by atoms with van der Waals surface area (Å²) in [5.41, 5.74) is -0.901. The van der Waals surface area contributed by atoms with Crippen molar-refractivity contribution in [2.75, 3.05) is 31.6 Å². The van der Waals surface area contributed by atoms with Crippen LogP contribution in [0.15, 0.2) is 18.3 Å². The van der Waals surface area contributed by atoms with Gasteiger partial charge in [0.05, 0.1) is 13.2 Å². The summed E-state index contributed by atoms with van der Waals surface area (Å²) in [6.45, 7) is 7.62. The van der Waals surface area contributed by atoms with Gasteiger partial charge in [-0.1, -0.05) is 0 Å². The molecular formula is C23H30F2N4O4. The number of anilines is 1. The van der Waals surface area contributed by atoms with E-state index in [9.17, 15) is 13.6 Å². The Kier molecular flexibility index (Phi) is 6.83. The smallest absolute Gasteiger partial charge is 0.410 e. The van der Waals surface area contributed by atoms with Crippen molar-refractivity contribution in [1.82, 2.24) is 14.9 Å². The van der Waals surface area contributed by atoms with Crippen LogP contribution < -0.4 is 10.1 Å². The van der Waals surface area contributed by atoms with Crippen LogP contribution in [0.3, 0.4) is 0 Å². The molecule has 2 saturated heterocycles. The van der Waals surface area contributed by atoms with Crippen molar-refractivity contribution in [2.45, 2.75) is 64.2 Å². The molecule has 0 spiro atoms. The minimum atomic E-state index is -2.71. The molecule has 0 bridgehead atoms. The Morgan fingerprint density at radius 3 is 2.82 bits per heavy atom. The maximum absolute atomic E-state index is 13.4. The molecule has 0 radical (unpaired) electrons. The van der Waals surface area contributed by atoms with Gasteiger partial charge in [-0.25, -0.2) is 23.5 Å². The number of amides is 1. The second-order valence-corrected chi connectivity index (χ2v) is 9.46. The van der Waals surface area contributed by atoms with Crippen molar-refractivity contribution in [1.29, 1.82) is 0 Å². The topological polar surface area (TPSA) is 85.8 Å². The van der Waals surface area contributed by atoms with Gasteiger partial charge in [-0.15, -0.1) is 0 Å². The van der Waals surface area contributed by atoms with Crippen LogP contribution in [0.4, 0.5) is 19.4 Å². The normalized spacial score (nSPS) is 21.5. The summed E-state index contributed by atoms with van der Waals surface area (Å²) in [4.78, 5) is 22.6. The first kappa shape index (κ1) is 23.4. The summed E-state index contributed by atoms with van der Waals surface area (Å²) in [5, 5.41) is 4.49. The molecule has 0 aliphatic carbocycles. The van der Waals surface area contributed by atoms with Gasteiger partial charge in [-0.3, -0.25) is 0 Å². The van der Waals surface area contributed by atoms with Gasteiger partial charge in [0.1, 0.15) is 23.2 Å². The average Bonchev–Trinajstić information content (AvgIpc) is 3.26. The van der Waals surface area contributed by atoms with E-state index in [0.29, 0.717) is 49.3 Å². The van der Waals surface area contributed by atoms with Gasteiger partial charge in [0.25, 0.3) is 6.43 Å². The van der Waals surface area contributed by atoms with Crippen molar-refractivity contribution in [2.24, 2.45) is 0 Å². The number of rotatable bonds is 5. The minimum Gasteiger partial charge on any atom is -0.471 e. The Bertz CT molecular complexity index is 992. The number of piperidine rings is 1. The number of hydrogen-bond acceptors (Lipinski definition) is 7. The molecule has 2 aliphatic rings. The van der Waals surface area contributed by atoms with Crippen LogP contribution in [0, 0.1) is 0 Å². The summed E-state index contributed by atoms with van der Waals surface area (Å²) < 4.78 is 43.5. The zero-order valence-corrected chi connectivity index (χ0v) is 19.1. The van der Waals surface area contributed by atoms with Gasteiger partial charge in [-0.05, 0) is 45.7 Å². The Hall–Kier alpha value is -2.75. The van der Waals surface area contributed by atoms with Crippen LogP contribution in [-0.4, -0.2) is 65.0 Å². The van der Waals surface area contributed by atoms with Gasteiger partial charge >= 0.3 is 6.09 Å². The van der Waals surface area contributed by atoms with Crippen LogP contribution in [0.25, 0.3) is 10.8 Å². The molecule has 2 aromatic rings. The van der Waals surface area contributed by atoms with Gasteiger partial charge in [0.2, 0.25) is 5.88 Å². The summed E-state index contributed by atoms with van der Waals surface area (Å²) in [6, 6.07) is 3.08. The van der Waals surface area contributed by atoms with E-state index in [0.717, 1.165) is 12.8 Å². The van der Waals surface area contributed by atoms with E-state index in [4.69, 9.17) is 14.2 Å². The number of pyridine rings is 2. The van der Waals surface area contributed by atoms with E-state index in [1.807, 2.05) is 20.8 Å². The van der Waals surface area contributed by atoms with E-state index in [-0.39, 0.29) is 29.8 Å². The number of carbonyl (C=O) groups excluding carboxylic acids is 1. The molecule has 0 unspecified atom stereocenters. The highest BCUT2D eigenvalue weighted by Crippen LogP contribution is 2.31. The van der Waals surface area contributed by atoms with Crippen molar-refractivity contribution >= 4 is 22.7 Å². The molecule has 0 aromatic carbocycles. The highest BCUT2D eigenvalue weighted by Gasteiger charge is 2.28. The predicted molar refractivity (Wildman–Crippen MR) is 119 cm³/mol. The van der Waals surface area contributed by atoms with Crippen LogP contribution in [0.2, 0.25) is 0 Å². The lowest BCUT2D eigenvalue weighted by atomic mass is 10.1. The number of fused-ring (bicyclic) bond motifs is 1. The maximum atomic E-state index is 13.4. The lowest BCUT2D eigenvalue weighted by Crippen LogP contribution is -2.47. The zero-order valence-electron chi connectivity index (χ0n) is 19.1. The van der Waals surface area contributed by atoms with E-state index in [1.54, 1.807) is 11.0 Å². The van der Waals surface area contributed by atoms with Crippen LogP contribution >= 0.6 is 0 Å². The van der Waals surface area contributed by atoms with Gasteiger partial charge in [0, 0.05) is 42.5 Å². The molecule has 4 heterocycles. The quantitative estimate of drug-likeness (QED) is 0.695. The lowest BCUT2D eigenvalue weighted by molar-refractivity contribution is 0.0206. The minimum absolute atomic E-state index is 0.0166. The highest BCUT2D eigenvalue weighted by atomic mass is 19.3. The third-order valence-electron chi connectivity index (χ3n) is 5.51. The van der Waals surface area contributed by atoms with Gasteiger partial charge in [0.15, 0.2) is 0 Å². The number of halogens is 2. The monoisotopic (exact) mass is 464 g/mol. The number of ether oxygens (including phenoxy) is 3. The second kappa shape index (κ2) is 9.62. The third kappa shape index (κ3) is 5.98. The maximum Gasteiger partial charge on any atom is 0.410 e. The molecule has 10 heteroatoms. The van der Waals surface area contributed by atoms with Crippen LogP contribution in [0.5, 0.6) is 5.88 Å². The number of nitrogens with one attached hydrogen (secondary N) is 1. The first-order valence-corrected chi connectivity index (χ1v) is 11.3. The average molecular weight is 465 g/mol. The number of hydrogen-bond donors (Lipinski definition) is 1. The number of carbonyl (C=O) groups is 1. The van der Waals surface area contributed by atoms with E-state index < -0.39 is 12.0 Å². The lowest BCUT2D eigenvalue weighted by Gasteiger charge is -2.34. The molecule has 1 N–H and O–H groups in total. The first-order chi connectivity index (χ1) is 15.7. The van der Waals surface area contributed by atoms with Gasteiger partial charge < -0.3 is 24.4 Å². The van der Waals surface area contributed by atoms with Crippen molar-refractivity contribution < 1.29 is 27.8 Å². The fourth-order valence-corrected chi connectivity index (χ4v) is 3.98. The van der Waals surface area contributed by atoms with E-state index >= 15 is 0 Å². The fraction of sp³-hybridized carbons (Fsp3) is 0.609. The molecule has 180 valence electrons. The third-order valence-corrected chi connectivity index (χ3v) is 5.51. The van der Waals surface area contributed by atoms with Crippen LogP contribution in [0.1, 0.15) is 52.2 Å². The number of alkyl halides is 2. The highest BCUT2D eigenvalue weighted by molar-refractivity contribution is 5.88. The van der Waals surface area contributed by atoms with Crippen molar-refractivity contribution in [3.05, 3.63) is 24.0 Å². The Morgan fingerprint density at radius 1 is 1.30 bits per heavy atom. The summed E-state index contributed by atoms with van der Waals surface area (Å²) in [6.07, 6.45) is 0.649. The molecule has 2 aliphatic heterocycles. The fourth-order valence-electron chi connectivity index (χ4n) is 3.98. The Balaban J connectivity index is 1.53. The molecule has 33 heavy (non-hydrogen) atoms. The van der Waals surface area contributed by atoms with Gasteiger partial charge in [-0.2, -0.15) is 0 Å². The molecular weight excluding hydrogens is 434 g/mol. The standard InChI is InChI=1S/C23H30F2N4O4/c1-23(2,3)33-22(30)29-7-4-5-15(12-29)27-19-10-17-14(11-26-19)9-18(20(24)25)28-21(17)32-16-6-8-31-13-16/h9-11,15-16,20H,4-8,12-13H2,1-3H3,(H,26,27)/t15-,16+/m0/s1. The molecule has 2 aromatic heterocycles.